The van der Waals surface area contributed by atoms with Crippen LogP contribution in [0.25, 0.3) is 0 Å². The van der Waals surface area contributed by atoms with E-state index >= 15 is 0 Å². The summed E-state index contributed by atoms with van der Waals surface area (Å²) in [6.07, 6.45) is 0. The lowest BCUT2D eigenvalue weighted by Gasteiger charge is -2.10. The van der Waals surface area contributed by atoms with Crippen molar-refractivity contribution in [3.8, 4) is 0 Å². The Labute approximate surface area is 97.5 Å². The van der Waals surface area contributed by atoms with Gasteiger partial charge in [-0.15, -0.1) is 9.63 Å². The molecule has 0 amide bonds. The van der Waals surface area contributed by atoms with E-state index in [9.17, 15) is 0 Å². The molecule has 0 saturated heterocycles. The van der Waals surface area contributed by atoms with Crippen LogP contribution >= 0.6 is 27.9 Å². The Morgan fingerprint density at radius 3 is 2.57 bits per heavy atom. The molecule has 0 aliphatic heterocycles. The molecule has 0 N–H and O–H groups in total. The van der Waals surface area contributed by atoms with E-state index in [-0.39, 0.29) is 4.75 Å². The fraction of sp³-hybridized carbons (Fsp3) is 0.400. The van der Waals surface area contributed by atoms with Gasteiger partial charge in [0.05, 0.1) is 5.69 Å². The van der Waals surface area contributed by atoms with Crippen LogP contribution in [0.2, 0.25) is 0 Å². The quantitative estimate of drug-likeness (QED) is 0.551. The standard InChI is InChI=1S/C10H13BrN2S/c1-10(2,3)14-13-12-9-6-4-5-8(11)7-9/h4-7H,1-3H3. The minimum absolute atomic E-state index is 0.121. The summed E-state index contributed by atoms with van der Waals surface area (Å²) < 4.78 is 5.22. The highest BCUT2D eigenvalue weighted by atomic mass is 79.9. The fourth-order valence-corrected chi connectivity index (χ4v) is 1.50. The molecule has 4 heteroatoms. The van der Waals surface area contributed by atoms with E-state index in [0.717, 1.165) is 10.2 Å². The smallest absolute Gasteiger partial charge is 0.0874 e. The van der Waals surface area contributed by atoms with Gasteiger partial charge in [-0.25, -0.2) is 0 Å². The largest absolute Gasteiger partial charge is 0.144 e. The molecule has 0 aliphatic carbocycles. The summed E-state index contributed by atoms with van der Waals surface area (Å²) in [5.41, 5.74) is 0.871. The van der Waals surface area contributed by atoms with Crippen LogP contribution in [0.1, 0.15) is 20.8 Å². The van der Waals surface area contributed by atoms with Gasteiger partial charge in [-0.3, -0.25) is 0 Å². The molecule has 2 nitrogen and oxygen atoms in total. The normalized spacial score (nSPS) is 12.3. The third-order valence-electron chi connectivity index (χ3n) is 1.28. The Hall–Kier alpha value is -0.350. The van der Waals surface area contributed by atoms with E-state index in [2.05, 4.69) is 46.3 Å². The zero-order valence-electron chi connectivity index (χ0n) is 8.49. The first-order valence-electron chi connectivity index (χ1n) is 4.32. The second kappa shape index (κ2) is 4.94. The Morgan fingerprint density at radius 2 is 2.00 bits per heavy atom. The zero-order chi connectivity index (χ0) is 10.6. The topological polar surface area (TPSA) is 24.7 Å². The lowest BCUT2D eigenvalue weighted by molar-refractivity contribution is 0.802. The maximum Gasteiger partial charge on any atom is 0.0874 e. The molecule has 0 aromatic heterocycles. The van der Waals surface area contributed by atoms with Crippen molar-refractivity contribution >= 4 is 33.6 Å². The maximum atomic E-state index is 4.11. The van der Waals surface area contributed by atoms with Crippen LogP contribution in [-0.2, 0) is 0 Å². The molecule has 1 aromatic carbocycles. The number of hydrogen-bond donors (Lipinski definition) is 0. The highest BCUT2D eigenvalue weighted by Crippen LogP contribution is 2.27. The molecule has 76 valence electrons. The van der Waals surface area contributed by atoms with E-state index in [1.54, 1.807) is 0 Å². The average Bonchev–Trinajstić information content (AvgIpc) is 2.01. The molecule has 0 bridgehead atoms. The van der Waals surface area contributed by atoms with Crippen molar-refractivity contribution in [2.75, 3.05) is 0 Å². The van der Waals surface area contributed by atoms with Crippen molar-refractivity contribution < 1.29 is 0 Å². The Balaban J connectivity index is 2.61. The Bertz CT molecular complexity index is 331. The molecular formula is C10H13BrN2S. The summed E-state index contributed by atoms with van der Waals surface area (Å²) >= 11 is 4.86. The summed E-state index contributed by atoms with van der Waals surface area (Å²) in [7, 11) is 0. The van der Waals surface area contributed by atoms with Crippen LogP contribution in [0.5, 0.6) is 0 Å². The third-order valence-corrected chi connectivity index (χ3v) is 2.48. The van der Waals surface area contributed by atoms with E-state index in [1.807, 2.05) is 24.3 Å². The van der Waals surface area contributed by atoms with Crippen molar-refractivity contribution in [3.63, 3.8) is 0 Å². The van der Waals surface area contributed by atoms with Crippen LogP contribution in [-0.4, -0.2) is 4.75 Å². The predicted molar refractivity (Wildman–Crippen MR) is 66.0 cm³/mol. The zero-order valence-corrected chi connectivity index (χ0v) is 10.9. The van der Waals surface area contributed by atoms with Crippen molar-refractivity contribution in [2.24, 2.45) is 9.63 Å². The summed E-state index contributed by atoms with van der Waals surface area (Å²) in [6.45, 7) is 6.33. The van der Waals surface area contributed by atoms with Gasteiger partial charge in [0.15, 0.2) is 0 Å². The third kappa shape index (κ3) is 4.77. The molecule has 14 heavy (non-hydrogen) atoms. The van der Waals surface area contributed by atoms with Crippen molar-refractivity contribution in [2.45, 2.75) is 25.5 Å². The Morgan fingerprint density at radius 1 is 1.29 bits per heavy atom. The first-order chi connectivity index (χ1) is 6.47. The van der Waals surface area contributed by atoms with Crippen LogP contribution in [0.4, 0.5) is 5.69 Å². The molecule has 0 radical (unpaired) electrons. The SMILES string of the molecule is CC(C)(C)SN=Nc1cccc(Br)c1. The molecule has 1 rings (SSSR count). The number of hydrogen-bond acceptors (Lipinski definition) is 3. The van der Waals surface area contributed by atoms with Gasteiger partial charge in [0.2, 0.25) is 0 Å². The lowest BCUT2D eigenvalue weighted by Crippen LogP contribution is -2.04. The first-order valence-corrected chi connectivity index (χ1v) is 5.89. The van der Waals surface area contributed by atoms with Gasteiger partial charge >= 0.3 is 0 Å². The molecule has 0 atom stereocenters. The molecule has 0 unspecified atom stereocenters. The molecule has 0 spiro atoms. The number of benzene rings is 1. The minimum atomic E-state index is 0.121. The van der Waals surface area contributed by atoms with E-state index in [0.29, 0.717) is 0 Å². The highest BCUT2D eigenvalue weighted by Gasteiger charge is 2.09. The van der Waals surface area contributed by atoms with Crippen LogP contribution < -0.4 is 0 Å². The highest BCUT2D eigenvalue weighted by molar-refractivity contribution is 9.10. The first kappa shape index (κ1) is 11.7. The van der Waals surface area contributed by atoms with Gasteiger partial charge < -0.3 is 0 Å². The van der Waals surface area contributed by atoms with Gasteiger partial charge in [-0.1, -0.05) is 22.0 Å². The van der Waals surface area contributed by atoms with Gasteiger partial charge in [0, 0.05) is 21.2 Å². The van der Waals surface area contributed by atoms with Crippen LogP contribution in [0.15, 0.2) is 38.4 Å². The monoisotopic (exact) mass is 272 g/mol. The van der Waals surface area contributed by atoms with Crippen molar-refractivity contribution in [1.82, 2.24) is 0 Å². The van der Waals surface area contributed by atoms with Gasteiger partial charge in [0.25, 0.3) is 0 Å². The molecule has 0 fully saturated rings. The summed E-state index contributed by atoms with van der Waals surface area (Å²) in [4.78, 5) is 0. The van der Waals surface area contributed by atoms with E-state index in [4.69, 9.17) is 0 Å². The molecular weight excluding hydrogens is 260 g/mol. The number of nitrogens with zero attached hydrogens (tertiary/aromatic N) is 2. The maximum absolute atomic E-state index is 4.11. The molecule has 0 saturated carbocycles. The van der Waals surface area contributed by atoms with Crippen molar-refractivity contribution in [1.29, 1.82) is 0 Å². The average molecular weight is 273 g/mol. The number of rotatable bonds is 2. The van der Waals surface area contributed by atoms with Crippen molar-refractivity contribution in [3.05, 3.63) is 28.7 Å². The van der Waals surface area contributed by atoms with E-state index in [1.165, 1.54) is 11.9 Å². The summed E-state index contributed by atoms with van der Waals surface area (Å²) in [5.74, 6) is 0. The number of halogens is 1. The molecule has 1 aromatic rings. The van der Waals surface area contributed by atoms with Gasteiger partial charge in [-0.05, 0) is 39.0 Å². The van der Waals surface area contributed by atoms with Crippen LogP contribution in [0.3, 0.4) is 0 Å². The second-order valence-electron chi connectivity index (χ2n) is 3.87. The van der Waals surface area contributed by atoms with Crippen LogP contribution in [0, 0.1) is 0 Å². The molecule has 0 aliphatic rings. The minimum Gasteiger partial charge on any atom is -0.144 e. The second-order valence-corrected chi connectivity index (χ2v) is 6.35. The van der Waals surface area contributed by atoms with Gasteiger partial charge in [-0.2, -0.15) is 0 Å². The predicted octanol–water partition coefficient (Wildman–Crippen LogP) is 4.98. The molecule has 0 heterocycles. The Kier molecular flexibility index (Phi) is 4.13. The summed E-state index contributed by atoms with van der Waals surface area (Å²) in [6, 6.07) is 7.78. The lowest BCUT2D eigenvalue weighted by atomic mass is 10.3. The summed E-state index contributed by atoms with van der Waals surface area (Å²) in [5, 5.41) is 4.11. The van der Waals surface area contributed by atoms with Gasteiger partial charge in [0.1, 0.15) is 0 Å². The fourth-order valence-electron chi connectivity index (χ4n) is 0.728. The van der Waals surface area contributed by atoms with E-state index < -0.39 is 0 Å².